The summed E-state index contributed by atoms with van der Waals surface area (Å²) < 4.78 is 23.9. The molecule has 0 aliphatic carbocycles. The predicted octanol–water partition coefficient (Wildman–Crippen LogP) is 8.00. The van der Waals surface area contributed by atoms with Gasteiger partial charge in [-0.2, -0.15) is 0 Å². The van der Waals surface area contributed by atoms with Gasteiger partial charge in [0.25, 0.3) is 0 Å². The molecule has 186 valence electrons. The normalized spacial score (nSPS) is 11.7. The van der Waals surface area contributed by atoms with E-state index in [4.69, 9.17) is 29.8 Å². The number of amides is 1. The molecule has 3 aromatic rings. The van der Waals surface area contributed by atoms with Crippen molar-refractivity contribution < 1.29 is 13.2 Å². The number of hydrogen-bond donors (Lipinski definition) is 1. The molecular weight excluding hydrogens is 515 g/mol. The molecule has 0 aromatic heterocycles. The van der Waals surface area contributed by atoms with Gasteiger partial charge in [-0.25, -0.2) is 13.3 Å². The molecule has 0 saturated carbocycles. The first-order valence-electron chi connectivity index (χ1n) is 11.4. The Morgan fingerprint density at radius 3 is 2.22 bits per heavy atom. The molecule has 0 fully saturated rings. The maximum atomic E-state index is 12.6. The lowest BCUT2D eigenvalue weighted by atomic mass is 10.0. The number of allylic oxidation sites excluding steroid dienone is 1. The van der Waals surface area contributed by atoms with Crippen LogP contribution in [0.5, 0.6) is 0 Å². The van der Waals surface area contributed by atoms with Crippen LogP contribution in [-0.2, 0) is 21.1 Å². The van der Waals surface area contributed by atoms with Crippen LogP contribution >= 0.6 is 23.2 Å². The number of hydrogen-bond acceptors (Lipinski definition) is 3. The van der Waals surface area contributed by atoms with Gasteiger partial charge in [-0.1, -0.05) is 73.0 Å². The zero-order valence-electron chi connectivity index (χ0n) is 20.2. The number of benzene rings is 3. The molecular formula is C28H26Cl2N2O3S. The van der Waals surface area contributed by atoms with Crippen molar-refractivity contribution in [1.82, 2.24) is 0 Å². The summed E-state index contributed by atoms with van der Waals surface area (Å²) in [6, 6.07) is 15.0. The van der Waals surface area contributed by atoms with Crippen molar-refractivity contribution in [2.75, 3.05) is 11.1 Å². The Labute approximate surface area is 222 Å². The lowest BCUT2D eigenvalue weighted by Gasteiger charge is -2.13. The molecule has 8 heteroatoms. The highest BCUT2D eigenvalue weighted by Crippen LogP contribution is 2.39. The Hall–Kier alpha value is -3.11. The smallest absolute Gasteiger partial charge is 0.228 e. The van der Waals surface area contributed by atoms with Gasteiger partial charge in [0.05, 0.1) is 33.7 Å². The van der Waals surface area contributed by atoms with Crippen LogP contribution in [0.15, 0.2) is 65.1 Å². The Bertz CT molecular complexity index is 1450. The number of halogens is 2. The lowest BCUT2D eigenvalue weighted by Crippen LogP contribution is -2.14. The third-order valence-corrected chi connectivity index (χ3v) is 8.10. The summed E-state index contributed by atoms with van der Waals surface area (Å²) in [5.41, 5.74) is 4.92. The topological polar surface area (TPSA) is 67.6 Å². The first kappa shape index (κ1) is 27.5. The van der Waals surface area contributed by atoms with Gasteiger partial charge in [0.2, 0.25) is 5.91 Å². The average molecular weight is 542 g/mol. The minimum absolute atomic E-state index is 0.0171. The number of carbonyl (C=O) groups excluding carboxylic acids is 1. The van der Waals surface area contributed by atoms with E-state index in [9.17, 15) is 13.2 Å². The molecule has 1 N–H and O–H groups in total. The van der Waals surface area contributed by atoms with Crippen molar-refractivity contribution in [1.29, 1.82) is 0 Å². The number of rotatable bonds is 8. The zero-order chi connectivity index (χ0) is 26.5. The average Bonchev–Trinajstić information content (AvgIpc) is 2.84. The summed E-state index contributed by atoms with van der Waals surface area (Å²) in [5, 5.41) is 3.47. The molecule has 0 bridgehead atoms. The fourth-order valence-electron chi connectivity index (χ4n) is 3.58. The van der Waals surface area contributed by atoms with Crippen LogP contribution in [0.25, 0.3) is 22.0 Å². The highest BCUT2D eigenvalue weighted by molar-refractivity contribution is 7.91. The second kappa shape index (κ2) is 11.7. The van der Waals surface area contributed by atoms with Gasteiger partial charge in [0, 0.05) is 11.3 Å². The highest BCUT2D eigenvalue weighted by atomic mass is 35.5. The van der Waals surface area contributed by atoms with Crippen molar-refractivity contribution in [3.8, 4) is 11.1 Å². The van der Waals surface area contributed by atoms with Gasteiger partial charge < -0.3 is 5.32 Å². The Kier molecular flexibility index (Phi) is 8.97. The quantitative estimate of drug-likeness (QED) is 0.294. The molecule has 0 radical (unpaired) electrons. The standard InChI is InChI=1S/C28H26Cl2N2O3S/c1-5-18(3)13-20-9-10-21(15-26(20)31-4)28-24(29)16-22(17-25(28)30)32-27(33)14-19-7-11-23(12-8-19)36(34,35)6-2/h7-13,15-17H,5-6,14H2,1-3H3,(H,32,33)/b18-13-. The molecule has 0 saturated heterocycles. The van der Waals surface area contributed by atoms with Crippen LogP contribution in [0.2, 0.25) is 10.0 Å². The molecule has 5 nitrogen and oxygen atoms in total. The lowest BCUT2D eigenvalue weighted by molar-refractivity contribution is -0.115. The van der Waals surface area contributed by atoms with Gasteiger partial charge in [-0.15, -0.1) is 0 Å². The minimum Gasteiger partial charge on any atom is -0.326 e. The molecule has 0 aliphatic heterocycles. The Morgan fingerprint density at radius 2 is 1.67 bits per heavy atom. The fourth-order valence-corrected chi connectivity index (χ4v) is 5.17. The van der Waals surface area contributed by atoms with E-state index >= 15 is 0 Å². The van der Waals surface area contributed by atoms with Gasteiger partial charge in [-0.05, 0) is 60.4 Å². The first-order chi connectivity index (χ1) is 17.1. The number of nitrogens with one attached hydrogen (secondary N) is 1. The summed E-state index contributed by atoms with van der Waals surface area (Å²) in [5.74, 6) is -0.276. The molecule has 3 rings (SSSR count). The molecule has 0 aliphatic rings. The van der Waals surface area contributed by atoms with Crippen molar-refractivity contribution in [2.45, 2.75) is 38.5 Å². The summed E-state index contributed by atoms with van der Waals surface area (Å²) >= 11 is 13.1. The third-order valence-electron chi connectivity index (χ3n) is 5.75. The highest BCUT2D eigenvalue weighted by Gasteiger charge is 2.15. The molecule has 0 atom stereocenters. The molecule has 3 aromatic carbocycles. The summed E-state index contributed by atoms with van der Waals surface area (Å²) in [6.45, 7) is 13.2. The Balaban J connectivity index is 1.80. The van der Waals surface area contributed by atoms with Crippen LogP contribution < -0.4 is 5.32 Å². The fraction of sp³-hybridized carbons (Fsp3) is 0.214. The number of nitrogens with zero attached hydrogens (tertiary/aromatic N) is 1. The minimum atomic E-state index is -3.29. The van der Waals surface area contributed by atoms with E-state index in [1.54, 1.807) is 37.3 Å². The van der Waals surface area contributed by atoms with Gasteiger partial charge >= 0.3 is 0 Å². The predicted molar refractivity (Wildman–Crippen MR) is 149 cm³/mol. The van der Waals surface area contributed by atoms with Crippen molar-refractivity contribution in [3.63, 3.8) is 0 Å². The van der Waals surface area contributed by atoms with Crippen LogP contribution in [0.1, 0.15) is 38.3 Å². The summed E-state index contributed by atoms with van der Waals surface area (Å²) in [4.78, 5) is 16.5. The SMILES string of the molecule is [C-]#[N+]c1cc(-c2c(Cl)cc(NC(=O)Cc3ccc(S(=O)(=O)CC)cc3)cc2Cl)ccc1/C=C(/C)CC. The van der Waals surface area contributed by atoms with Crippen molar-refractivity contribution in [3.05, 3.63) is 92.8 Å². The molecule has 0 heterocycles. The van der Waals surface area contributed by atoms with Crippen LogP contribution in [-0.4, -0.2) is 20.1 Å². The maximum Gasteiger partial charge on any atom is 0.228 e. The maximum absolute atomic E-state index is 12.6. The van der Waals surface area contributed by atoms with Gasteiger partial charge in [0.15, 0.2) is 15.5 Å². The van der Waals surface area contributed by atoms with Crippen molar-refractivity contribution in [2.24, 2.45) is 0 Å². The van der Waals surface area contributed by atoms with Crippen LogP contribution in [0.4, 0.5) is 11.4 Å². The van der Waals surface area contributed by atoms with E-state index in [0.717, 1.165) is 12.0 Å². The van der Waals surface area contributed by atoms with E-state index in [1.165, 1.54) is 17.7 Å². The summed E-state index contributed by atoms with van der Waals surface area (Å²) in [7, 11) is -3.29. The van der Waals surface area contributed by atoms with E-state index < -0.39 is 9.84 Å². The van der Waals surface area contributed by atoms with Crippen LogP contribution in [0, 0.1) is 6.57 Å². The van der Waals surface area contributed by atoms with E-state index in [1.807, 2.05) is 25.1 Å². The molecule has 0 unspecified atom stereocenters. The van der Waals surface area contributed by atoms with Gasteiger partial charge in [-0.3, -0.25) is 4.79 Å². The van der Waals surface area contributed by atoms with E-state index in [2.05, 4.69) is 17.1 Å². The van der Waals surface area contributed by atoms with Crippen LogP contribution in [0.3, 0.4) is 0 Å². The molecule has 36 heavy (non-hydrogen) atoms. The number of sulfone groups is 1. The second-order valence-electron chi connectivity index (χ2n) is 8.32. The molecule has 0 spiro atoms. The number of anilines is 1. The second-order valence-corrected chi connectivity index (χ2v) is 11.4. The van der Waals surface area contributed by atoms with E-state index in [0.29, 0.717) is 38.1 Å². The summed E-state index contributed by atoms with van der Waals surface area (Å²) in [6.07, 6.45) is 2.95. The van der Waals surface area contributed by atoms with Gasteiger partial charge in [0.1, 0.15) is 0 Å². The monoisotopic (exact) mass is 540 g/mol. The largest absolute Gasteiger partial charge is 0.326 e. The van der Waals surface area contributed by atoms with E-state index in [-0.39, 0.29) is 23.0 Å². The number of carbonyl (C=O) groups is 1. The molecule has 1 amide bonds. The zero-order valence-corrected chi connectivity index (χ0v) is 22.6. The third kappa shape index (κ3) is 6.55. The first-order valence-corrected chi connectivity index (χ1v) is 13.8. The van der Waals surface area contributed by atoms with Crippen molar-refractivity contribution >= 4 is 56.4 Å². The Morgan fingerprint density at radius 1 is 1.03 bits per heavy atom.